The minimum absolute atomic E-state index is 0.0948. The Balaban J connectivity index is 1.80. The van der Waals surface area contributed by atoms with Gasteiger partial charge in [0.2, 0.25) is 0 Å². The van der Waals surface area contributed by atoms with Crippen molar-refractivity contribution in [2.45, 2.75) is 19.3 Å². The summed E-state index contributed by atoms with van der Waals surface area (Å²) >= 11 is 0. The minimum Gasteiger partial charge on any atom is -0.494 e. The molecule has 26 heavy (non-hydrogen) atoms. The number of ether oxygens (including phenoxy) is 2. The Labute approximate surface area is 149 Å². The van der Waals surface area contributed by atoms with Gasteiger partial charge in [-0.15, -0.1) is 0 Å². The summed E-state index contributed by atoms with van der Waals surface area (Å²) in [6, 6.07) is 2.85. The molecule has 0 saturated heterocycles. The Morgan fingerprint density at radius 1 is 1.35 bits per heavy atom. The molecule has 1 saturated carbocycles. The normalized spacial score (nSPS) is 15.7. The Morgan fingerprint density at radius 2 is 2.15 bits per heavy atom. The zero-order valence-corrected chi connectivity index (χ0v) is 14.2. The summed E-state index contributed by atoms with van der Waals surface area (Å²) in [4.78, 5) is 20.9. The number of hydrogen-bond donors (Lipinski definition) is 1. The van der Waals surface area contributed by atoms with E-state index >= 15 is 0 Å². The van der Waals surface area contributed by atoms with Crippen molar-refractivity contribution in [1.29, 1.82) is 0 Å². The molecule has 136 valence electrons. The average molecular weight is 359 g/mol. The van der Waals surface area contributed by atoms with E-state index < -0.39 is 11.9 Å². The second kappa shape index (κ2) is 6.44. The standard InChI is InChI=1S/C18H18FN3O4/c1-25-15-7-14(26-8-10-2-3-10)12(6-13(15)19)16-11-4-5-22(18(23)24)17(11)21-9-20-16/h6-7,9-10H,2-5,8H2,1H3,(H,23,24). The van der Waals surface area contributed by atoms with E-state index in [-0.39, 0.29) is 5.75 Å². The highest BCUT2D eigenvalue weighted by molar-refractivity contribution is 5.89. The van der Waals surface area contributed by atoms with Crippen LogP contribution in [0.1, 0.15) is 18.4 Å². The molecule has 0 radical (unpaired) electrons. The number of methoxy groups -OCH3 is 1. The first kappa shape index (κ1) is 16.6. The number of aromatic nitrogens is 2. The summed E-state index contributed by atoms with van der Waals surface area (Å²) in [6.07, 6.45) is 2.95. The molecule has 1 aromatic carbocycles. The molecule has 0 spiro atoms. The number of benzene rings is 1. The highest BCUT2D eigenvalue weighted by atomic mass is 19.1. The lowest BCUT2D eigenvalue weighted by Crippen LogP contribution is -2.27. The number of carbonyl (C=O) groups is 1. The van der Waals surface area contributed by atoms with Crippen LogP contribution >= 0.6 is 0 Å². The highest BCUT2D eigenvalue weighted by Gasteiger charge is 2.30. The lowest BCUT2D eigenvalue weighted by molar-refractivity contribution is 0.202. The van der Waals surface area contributed by atoms with Gasteiger partial charge in [-0.05, 0) is 31.2 Å². The number of fused-ring (bicyclic) bond motifs is 1. The summed E-state index contributed by atoms with van der Waals surface area (Å²) in [5.74, 6) is 0.911. The third kappa shape index (κ3) is 2.91. The topological polar surface area (TPSA) is 84.8 Å². The van der Waals surface area contributed by atoms with E-state index in [2.05, 4.69) is 9.97 Å². The summed E-state index contributed by atoms with van der Waals surface area (Å²) in [5, 5.41) is 9.31. The van der Waals surface area contributed by atoms with Crippen LogP contribution in [0, 0.1) is 11.7 Å². The van der Waals surface area contributed by atoms with E-state index in [1.54, 1.807) is 0 Å². The first-order chi connectivity index (χ1) is 12.6. The molecular formula is C18H18FN3O4. The molecule has 1 aliphatic carbocycles. The van der Waals surface area contributed by atoms with E-state index in [1.807, 2.05) is 0 Å². The van der Waals surface area contributed by atoms with Crippen molar-refractivity contribution in [3.8, 4) is 22.8 Å². The molecular weight excluding hydrogens is 341 g/mol. The fourth-order valence-electron chi connectivity index (χ4n) is 3.10. The maximum absolute atomic E-state index is 14.4. The Morgan fingerprint density at radius 3 is 2.85 bits per heavy atom. The number of carboxylic acid groups (broad SMARTS) is 1. The second-order valence-corrected chi connectivity index (χ2v) is 6.45. The molecule has 1 aromatic heterocycles. The molecule has 1 N–H and O–H groups in total. The summed E-state index contributed by atoms with van der Waals surface area (Å²) in [5.41, 5.74) is 1.65. The van der Waals surface area contributed by atoms with Gasteiger partial charge < -0.3 is 14.6 Å². The zero-order chi connectivity index (χ0) is 18.3. The zero-order valence-electron chi connectivity index (χ0n) is 14.2. The quantitative estimate of drug-likeness (QED) is 0.883. The molecule has 2 aromatic rings. The average Bonchev–Trinajstić information content (AvgIpc) is 3.36. The van der Waals surface area contributed by atoms with Gasteiger partial charge in [-0.25, -0.2) is 19.2 Å². The maximum atomic E-state index is 14.4. The number of anilines is 1. The van der Waals surface area contributed by atoms with E-state index in [4.69, 9.17) is 9.47 Å². The fraction of sp³-hybridized carbons (Fsp3) is 0.389. The number of amides is 1. The molecule has 1 aliphatic heterocycles. The molecule has 0 unspecified atom stereocenters. The van der Waals surface area contributed by atoms with E-state index in [0.29, 0.717) is 53.9 Å². The smallest absolute Gasteiger partial charge is 0.413 e. The van der Waals surface area contributed by atoms with Crippen molar-refractivity contribution >= 4 is 11.9 Å². The molecule has 2 heterocycles. The molecule has 1 amide bonds. The Bertz CT molecular complexity index is 870. The largest absolute Gasteiger partial charge is 0.494 e. The number of hydrogen-bond acceptors (Lipinski definition) is 5. The van der Waals surface area contributed by atoms with Crippen LogP contribution in [0.5, 0.6) is 11.5 Å². The van der Waals surface area contributed by atoms with Crippen LogP contribution in [-0.2, 0) is 6.42 Å². The lowest BCUT2D eigenvalue weighted by atomic mass is 10.0. The van der Waals surface area contributed by atoms with Gasteiger partial charge >= 0.3 is 6.09 Å². The van der Waals surface area contributed by atoms with Crippen LogP contribution in [-0.4, -0.2) is 41.4 Å². The second-order valence-electron chi connectivity index (χ2n) is 6.45. The van der Waals surface area contributed by atoms with Crippen LogP contribution < -0.4 is 14.4 Å². The van der Waals surface area contributed by atoms with Crippen molar-refractivity contribution in [3.05, 3.63) is 29.8 Å². The molecule has 8 heteroatoms. The van der Waals surface area contributed by atoms with Crippen molar-refractivity contribution in [2.75, 3.05) is 25.2 Å². The van der Waals surface area contributed by atoms with Crippen LogP contribution in [0.15, 0.2) is 18.5 Å². The van der Waals surface area contributed by atoms with Gasteiger partial charge in [0.15, 0.2) is 11.6 Å². The summed E-state index contributed by atoms with van der Waals surface area (Å²) < 4.78 is 25.3. The van der Waals surface area contributed by atoms with Gasteiger partial charge in [0.05, 0.1) is 19.4 Å². The number of rotatable bonds is 5. The molecule has 1 fully saturated rings. The Kier molecular flexibility index (Phi) is 4.10. The van der Waals surface area contributed by atoms with Crippen molar-refractivity contribution in [3.63, 3.8) is 0 Å². The van der Waals surface area contributed by atoms with Crippen molar-refractivity contribution in [1.82, 2.24) is 9.97 Å². The van der Waals surface area contributed by atoms with Crippen LogP contribution in [0.25, 0.3) is 11.3 Å². The van der Waals surface area contributed by atoms with Crippen LogP contribution in [0.4, 0.5) is 15.0 Å². The SMILES string of the molecule is COc1cc(OCC2CC2)c(-c2ncnc3c2CCN3C(=O)O)cc1F. The third-order valence-corrected chi connectivity index (χ3v) is 4.68. The van der Waals surface area contributed by atoms with Gasteiger partial charge in [0.25, 0.3) is 0 Å². The first-order valence-electron chi connectivity index (χ1n) is 8.43. The minimum atomic E-state index is -1.07. The van der Waals surface area contributed by atoms with Crippen molar-refractivity contribution in [2.24, 2.45) is 5.92 Å². The number of halogens is 1. The molecule has 7 nitrogen and oxygen atoms in total. The molecule has 0 bridgehead atoms. The van der Waals surface area contributed by atoms with Crippen LogP contribution in [0.2, 0.25) is 0 Å². The van der Waals surface area contributed by atoms with Crippen molar-refractivity contribution < 1.29 is 23.8 Å². The Hall–Kier alpha value is -2.90. The maximum Gasteiger partial charge on any atom is 0.413 e. The third-order valence-electron chi connectivity index (χ3n) is 4.68. The predicted molar refractivity (Wildman–Crippen MR) is 91.3 cm³/mol. The molecule has 4 rings (SSSR count). The molecule has 2 aliphatic rings. The van der Waals surface area contributed by atoms with Gasteiger partial charge in [-0.3, -0.25) is 4.90 Å². The molecule has 0 atom stereocenters. The fourth-order valence-corrected chi connectivity index (χ4v) is 3.10. The lowest BCUT2D eigenvalue weighted by Gasteiger charge is -2.16. The predicted octanol–water partition coefficient (Wildman–Crippen LogP) is 3.12. The summed E-state index contributed by atoms with van der Waals surface area (Å²) in [6.45, 7) is 0.851. The highest BCUT2D eigenvalue weighted by Crippen LogP contribution is 2.40. The van der Waals surface area contributed by atoms with Gasteiger partial charge in [-0.2, -0.15) is 0 Å². The first-order valence-corrected chi connectivity index (χ1v) is 8.43. The number of nitrogens with zero attached hydrogens (tertiary/aromatic N) is 3. The van der Waals surface area contributed by atoms with Gasteiger partial charge in [0, 0.05) is 23.7 Å². The van der Waals surface area contributed by atoms with E-state index in [1.165, 1.54) is 30.5 Å². The van der Waals surface area contributed by atoms with Gasteiger partial charge in [-0.1, -0.05) is 0 Å². The van der Waals surface area contributed by atoms with E-state index in [9.17, 15) is 14.3 Å². The summed E-state index contributed by atoms with van der Waals surface area (Å²) in [7, 11) is 1.40. The van der Waals surface area contributed by atoms with Crippen LogP contribution in [0.3, 0.4) is 0 Å². The van der Waals surface area contributed by atoms with Gasteiger partial charge in [0.1, 0.15) is 17.9 Å². The monoisotopic (exact) mass is 359 g/mol. The van der Waals surface area contributed by atoms with E-state index in [0.717, 1.165) is 12.8 Å².